The maximum absolute atomic E-state index is 12.2. The van der Waals surface area contributed by atoms with Crippen LogP contribution in [0.5, 0.6) is 0 Å². The number of hydrogen-bond donors (Lipinski definition) is 2. The summed E-state index contributed by atoms with van der Waals surface area (Å²) in [6.45, 7) is 8.76. The second-order valence-corrected chi connectivity index (χ2v) is 8.10. The molecule has 28 heavy (non-hydrogen) atoms. The average Bonchev–Trinajstić information content (AvgIpc) is 2.59. The lowest BCUT2D eigenvalue weighted by Gasteiger charge is -2.42. The van der Waals surface area contributed by atoms with E-state index in [0.29, 0.717) is 31.1 Å². The Morgan fingerprint density at radius 2 is 2.07 bits per heavy atom. The molecule has 158 valence electrons. The van der Waals surface area contributed by atoms with Crippen molar-refractivity contribution in [2.24, 2.45) is 0 Å². The summed E-state index contributed by atoms with van der Waals surface area (Å²) < 4.78 is 15.8. The number of hydrogen-bond acceptors (Lipinski definition) is 7. The number of aryl methyl sites for hydroxylation is 1. The zero-order valence-electron chi connectivity index (χ0n) is 17.4. The summed E-state index contributed by atoms with van der Waals surface area (Å²) in [5.41, 5.74) is -0.158. The minimum absolute atomic E-state index is 0.00721. The minimum Gasteiger partial charge on any atom is -0.444 e. The van der Waals surface area contributed by atoms with E-state index in [1.54, 1.807) is 46.9 Å². The molecular weight excluding hydrogens is 364 g/mol. The van der Waals surface area contributed by atoms with Crippen molar-refractivity contribution in [3.05, 3.63) is 29.1 Å². The van der Waals surface area contributed by atoms with Crippen molar-refractivity contribution >= 4 is 6.09 Å². The molecule has 8 nitrogen and oxygen atoms in total. The highest BCUT2D eigenvalue weighted by atomic mass is 16.6. The molecule has 1 fully saturated rings. The van der Waals surface area contributed by atoms with E-state index >= 15 is 0 Å². The predicted molar refractivity (Wildman–Crippen MR) is 103 cm³/mol. The molecule has 2 N–H and O–H groups in total. The maximum Gasteiger partial charge on any atom is 0.410 e. The van der Waals surface area contributed by atoms with Gasteiger partial charge in [0, 0.05) is 31.3 Å². The van der Waals surface area contributed by atoms with Crippen LogP contribution in [0.1, 0.15) is 44.1 Å². The highest BCUT2D eigenvalue weighted by molar-refractivity contribution is 5.68. The van der Waals surface area contributed by atoms with Gasteiger partial charge in [-0.1, -0.05) is 6.07 Å². The Balaban J connectivity index is 2.05. The van der Waals surface area contributed by atoms with Gasteiger partial charge in [-0.3, -0.25) is 4.98 Å². The molecule has 0 spiro atoms. The second kappa shape index (κ2) is 9.17. The third-order valence-corrected chi connectivity index (χ3v) is 4.65. The van der Waals surface area contributed by atoms with Crippen molar-refractivity contribution in [3.63, 3.8) is 0 Å². The van der Waals surface area contributed by atoms with Crippen LogP contribution in [0.15, 0.2) is 12.1 Å². The number of carbonyl (C=O) groups is 1. The first-order valence-electron chi connectivity index (χ1n) is 9.49. The molecular formula is C20H32N2O6. The Bertz CT molecular complexity index is 675. The first-order chi connectivity index (χ1) is 13.1. The largest absolute Gasteiger partial charge is 0.444 e. The quantitative estimate of drug-likeness (QED) is 0.706. The standard InChI is InChI=1S/C20H32N2O6/c1-14-16(7-6-15(21-14)13-27-11-10-26-5)20(25)8-9-22(12-17(20)23)18(24)28-19(2,3)4/h6-7,17,23,25H,8-13H2,1-5H3/t17-,20-/m0/s1. The lowest BCUT2D eigenvalue weighted by Crippen LogP contribution is -2.56. The number of piperidine rings is 1. The van der Waals surface area contributed by atoms with Crippen molar-refractivity contribution in [2.45, 2.75) is 58.0 Å². The topological polar surface area (TPSA) is 101 Å². The van der Waals surface area contributed by atoms with E-state index in [4.69, 9.17) is 14.2 Å². The fraction of sp³-hybridized carbons (Fsp3) is 0.700. The highest BCUT2D eigenvalue weighted by Crippen LogP contribution is 2.35. The lowest BCUT2D eigenvalue weighted by molar-refractivity contribution is -0.123. The summed E-state index contributed by atoms with van der Waals surface area (Å²) >= 11 is 0. The number of methoxy groups -OCH3 is 1. The first kappa shape index (κ1) is 22.5. The Morgan fingerprint density at radius 1 is 1.36 bits per heavy atom. The van der Waals surface area contributed by atoms with E-state index in [0.717, 1.165) is 5.69 Å². The number of aliphatic hydroxyl groups excluding tert-OH is 1. The predicted octanol–water partition coefficient (Wildman–Crippen LogP) is 1.74. The monoisotopic (exact) mass is 396 g/mol. The normalized spacial score (nSPS) is 23.0. The van der Waals surface area contributed by atoms with E-state index in [-0.39, 0.29) is 19.5 Å². The van der Waals surface area contributed by atoms with Crippen molar-refractivity contribution in [1.82, 2.24) is 9.88 Å². The van der Waals surface area contributed by atoms with Crippen molar-refractivity contribution in [2.75, 3.05) is 33.4 Å². The summed E-state index contributed by atoms with van der Waals surface area (Å²) in [6, 6.07) is 3.55. The molecule has 2 atom stereocenters. The molecule has 0 aliphatic carbocycles. The van der Waals surface area contributed by atoms with Gasteiger partial charge in [0.25, 0.3) is 0 Å². The molecule has 1 aliphatic heterocycles. The number of β-amino-alcohol motifs (C(OH)–C–C–N with tert-alkyl or cyclic N) is 1. The van der Waals surface area contributed by atoms with Crippen LogP contribution < -0.4 is 0 Å². The van der Waals surface area contributed by atoms with Gasteiger partial charge in [0.1, 0.15) is 17.3 Å². The number of nitrogens with zero attached hydrogens (tertiary/aromatic N) is 2. The van der Waals surface area contributed by atoms with Gasteiger partial charge < -0.3 is 29.3 Å². The number of carbonyl (C=O) groups excluding carboxylic acids is 1. The summed E-state index contributed by atoms with van der Waals surface area (Å²) in [5, 5.41) is 21.8. The average molecular weight is 396 g/mol. The smallest absolute Gasteiger partial charge is 0.410 e. The number of amides is 1. The number of pyridine rings is 1. The van der Waals surface area contributed by atoms with Crippen molar-refractivity contribution < 1.29 is 29.2 Å². The Kier molecular flexibility index (Phi) is 7.39. The van der Waals surface area contributed by atoms with Crippen molar-refractivity contribution in [1.29, 1.82) is 0 Å². The number of aromatic nitrogens is 1. The summed E-state index contributed by atoms with van der Waals surface area (Å²) in [6.07, 6.45) is -1.44. The maximum atomic E-state index is 12.2. The molecule has 1 aliphatic rings. The minimum atomic E-state index is -1.47. The van der Waals surface area contributed by atoms with Crippen LogP contribution >= 0.6 is 0 Å². The molecule has 1 saturated heterocycles. The van der Waals surface area contributed by atoms with Crippen LogP contribution in [-0.2, 0) is 26.4 Å². The molecule has 1 aromatic heterocycles. The van der Waals surface area contributed by atoms with Gasteiger partial charge >= 0.3 is 6.09 Å². The Labute approximate surface area is 166 Å². The van der Waals surface area contributed by atoms with E-state index in [9.17, 15) is 15.0 Å². The SMILES string of the molecule is COCCOCc1ccc([C@@]2(O)CCN(C(=O)OC(C)(C)C)C[C@@H]2O)c(C)n1. The molecule has 8 heteroatoms. The van der Waals surface area contributed by atoms with Crippen LogP contribution in [0, 0.1) is 6.92 Å². The van der Waals surface area contributed by atoms with Gasteiger partial charge in [-0.2, -0.15) is 0 Å². The number of likely N-dealkylation sites (tertiary alicyclic amines) is 1. The molecule has 0 saturated carbocycles. The summed E-state index contributed by atoms with van der Waals surface area (Å²) in [4.78, 5) is 18.1. The number of ether oxygens (including phenoxy) is 3. The van der Waals surface area contributed by atoms with E-state index < -0.39 is 23.4 Å². The third kappa shape index (κ3) is 5.64. The molecule has 0 unspecified atom stereocenters. The molecule has 1 aromatic rings. The van der Waals surface area contributed by atoms with Gasteiger partial charge in [0.2, 0.25) is 0 Å². The third-order valence-electron chi connectivity index (χ3n) is 4.65. The van der Waals surface area contributed by atoms with E-state index in [1.165, 1.54) is 4.90 Å². The molecule has 0 radical (unpaired) electrons. The van der Waals surface area contributed by atoms with Crippen LogP contribution in [0.2, 0.25) is 0 Å². The van der Waals surface area contributed by atoms with Crippen LogP contribution in [-0.4, -0.2) is 71.3 Å². The molecule has 2 heterocycles. The van der Waals surface area contributed by atoms with Gasteiger partial charge in [-0.25, -0.2) is 4.79 Å². The number of rotatable bonds is 6. The Morgan fingerprint density at radius 3 is 2.64 bits per heavy atom. The zero-order chi connectivity index (χ0) is 20.9. The summed E-state index contributed by atoms with van der Waals surface area (Å²) in [7, 11) is 1.61. The first-order valence-corrected chi connectivity index (χ1v) is 9.49. The molecule has 2 rings (SSSR count). The summed E-state index contributed by atoms with van der Waals surface area (Å²) in [5.74, 6) is 0. The van der Waals surface area contributed by atoms with Gasteiger partial charge in [-0.05, 0) is 33.8 Å². The van der Waals surface area contributed by atoms with E-state index in [2.05, 4.69) is 4.98 Å². The van der Waals surface area contributed by atoms with Crippen LogP contribution in [0.25, 0.3) is 0 Å². The van der Waals surface area contributed by atoms with Crippen LogP contribution in [0.4, 0.5) is 4.79 Å². The molecule has 0 aromatic carbocycles. The molecule has 1 amide bonds. The molecule has 0 bridgehead atoms. The van der Waals surface area contributed by atoms with Crippen LogP contribution in [0.3, 0.4) is 0 Å². The highest BCUT2D eigenvalue weighted by Gasteiger charge is 2.45. The lowest BCUT2D eigenvalue weighted by atomic mass is 9.81. The Hall–Kier alpha value is -1.74. The van der Waals surface area contributed by atoms with Gasteiger partial charge in [0.05, 0.1) is 32.1 Å². The number of aliphatic hydroxyl groups is 2. The second-order valence-electron chi connectivity index (χ2n) is 8.10. The fourth-order valence-electron chi connectivity index (χ4n) is 3.20. The van der Waals surface area contributed by atoms with Crippen molar-refractivity contribution in [3.8, 4) is 0 Å². The van der Waals surface area contributed by atoms with Gasteiger partial charge in [-0.15, -0.1) is 0 Å². The zero-order valence-corrected chi connectivity index (χ0v) is 17.4. The van der Waals surface area contributed by atoms with Gasteiger partial charge in [0.15, 0.2) is 0 Å². The fourth-order valence-corrected chi connectivity index (χ4v) is 3.20. The van der Waals surface area contributed by atoms with E-state index in [1.807, 2.05) is 0 Å².